The number of hydrogen-bond acceptors (Lipinski definition) is 2. The molecule has 0 spiro atoms. The smallest absolute Gasteiger partial charge is 0.0976 e. The van der Waals surface area contributed by atoms with Crippen molar-refractivity contribution in [2.24, 2.45) is 0 Å². The highest BCUT2D eigenvalue weighted by atomic mass is 79.9. The fraction of sp³-hybridized carbons (Fsp3) is 0. The fourth-order valence-electron chi connectivity index (χ4n) is 1.02. The highest BCUT2D eigenvalue weighted by molar-refractivity contribution is 9.11. The molecule has 2 aromatic rings. The lowest BCUT2D eigenvalue weighted by molar-refractivity contribution is 1.40. The molecule has 12 heavy (non-hydrogen) atoms. The van der Waals surface area contributed by atoms with Crippen LogP contribution < -0.4 is 0 Å². The van der Waals surface area contributed by atoms with Gasteiger partial charge in [-0.25, -0.2) is 4.98 Å². The molecule has 0 aliphatic carbocycles. The number of benzene rings is 1. The minimum atomic E-state index is 1.03. The molecule has 1 aromatic carbocycles. The van der Waals surface area contributed by atoms with E-state index in [-0.39, 0.29) is 0 Å². The van der Waals surface area contributed by atoms with E-state index >= 15 is 0 Å². The van der Waals surface area contributed by atoms with E-state index < -0.39 is 0 Å². The first-order valence-corrected chi connectivity index (χ1v) is 5.19. The summed E-state index contributed by atoms with van der Waals surface area (Å²) in [7, 11) is 0. The van der Waals surface area contributed by atoms with Gasteiger partial charge < -0.3 is 0 Å². The van der Waals surface area contributed by atoms with Crippen LogP contribution in [0.4, 0.5) is 0 Å². The molecule has 1 aromatic heterocycles. The topological polar surface area (TPSA) is 12.9 Å². The molecular weight excluding hydrogens is 234 g/mol. The summed E-state index contributed by atoms with van der Waals surface area (Å²) >= 11 is 5.06. The van der Waals surface area contributed by atoms with Crippen LogP contribution in [0.1, 0.15) is 0 Å². The van der Waals surface area contributed by atoms with Crippen molar-refractivity contribution in [3.63, 3.8) is 0 Å². The van der Waals surface area contributed by atoms with E-state index in [1.165, 1.54) is 0 Å². The van der Waals surface area contributed by atoms with Crippen molar-refractivity contribution >= 4 is 27.3 Å². The van der Waals surface area contributed by atoms with Crippen LogP contribution in [0.5, 0.6) is 0 Å². The van der Waals surface area contributed by atoms with Gasteiger partial charge in [-0.1, -0.05) is 30.3 Å². The van der Waals surface area contributed by atoms with Crippen molar-refractivity contribution in [3.8, 4) is 11.3 Å². The van der Waals surface area contributed by atoms with Crippen molar-refractivity contribution < 1.29 is 0 Å². The zero-order chi connectivity index (χ0) is 8.39. The minimum absolute atomic E-state index is 1.03. The first-order valence-electron chi connectivity index (χ1n) is 3.52. The van der Waals surface area contributed by atoms with Crippen LogP contribution in [0.15, 0.2) is 39.6 Å². The van der Waals surface area contributed by atoms with E-state index in [0.29, 0.717) is 0 Å². The van der Waals surface area contributed by atoms with E-state index in [4.69, 9.17) is 0 Å². The lowest BCUT2D eigenvalue weighted by Gasteiger charge is -1.95. The Balaban J connectivity index is 2.51. The minimum Gasteiger partial charge on any atom is -0.243 e. The third-order valence-electron chi connectivity index (χ3n) is 1.57. The van der Waals surface area contributed by atoms with Crippen LogP contribution >= 0.6 is 27.3 Å². The Labute approximate surface area is 83.2 Å². The predicted molar refractivity (Wildman–Crippen MR) is 55.3 cm³/mol. The summed E-state index contributed by atoms with van der Waals surface area (Å²) in [5, 5.41) is 0. The molecule has 0 fully saturated rings. The van der Waals surface area contributed by atoms with E-state index in [1.807, 2.05) is 23.7 Å². The molecule has 0 atom stereocenters. The van der Waals surface area contributed by atoms with Crippen molar-refractivity contribution in [3.05, 3.63) is 39.6 Å². The van der Waals surface area contributed by atoms with Gasteiger partial charge in [0, 0.05) is 5.56 Å². The summed E-state index contributed by atoms with van der Waals surface area (Å²) in [5.41, 5.74) is 4.03. The van der Waals surface area contributed by atoms with Crippen molar-refractivity contribution in [1.82, 2.24) is 4.98 Å². The largest absolute Gasteiger partial charge is 0.243 e. The molecule has 0 radical (unpaired) electrons. The number of rotatable bonds is 1. The first-order chi connectivity index (χ1) is 5.88. The van der Waals surface area contributed by atoms with Gasteiger partial charge in [0.1, 0.15) is 0 Å². The highest BCUT2D eigenvalue weighted by Crippen LogP contribution is 2.29. The normalized spacial score (nSPS) is 10.1. The summed E-state index contributed by atoms with van der Waals surface area (Å²) in [6, 6.07) is 10.1. The lowest BCUT2D eigenvalue weighted by Crippen LogP contribution is -1.75. The SMILES string of the molecule is Brc1scnc1-c1ccccc1. The maximum Gasteiger partial charge on any atom is 0.0976 e. The van der Waals surface area contributed by atoms with Gasteiger partial charge in [-0.15, -0.1) is 11.3 Å². The van der Waals surface area contributed by atoms with Crippen LogP contribution in [0.3, 0.4) is 0 Å². The number of aromatic nitrogens is 1. The Morgan fingerprint density at radius 2 is 1.92 bits per heavy atom. The Bertz CT molecular complexity index is 369. The van der Waals surface area contributed by atoms with Gasteiger partial charge in [0.2, 0.25) is 0 Å². The van der Waals surface area contributed by atoms with Crippen LogP contribution in [-0.2, 0) is 0 Å². The highest BCUT2D eigenvalue weighted by Gasteiger charge is 2.03. The van der Waals surface area contributed by atoms with E-state index in [2.05, 4.69) is 33.0 Å². The summed E-state index contributed by atoms with van der Waals surface area (Å²) in [6.45, 7) is 0. The Morgan fingerprint density at radius 3 is 2.50 bits per heavy atom. The van der Waals surface area contributed by atoms with Crippen LogP contribution in [0.25, 0.3) is 11.3 Å². The second kappa shape index (κ2) is 3.37. The molecule has 0 amide bonds. The average molecular weight is 240 g/mol. The van der Waals surface area contributed by atoms with E-state index in [1.54, 1.807) is 11.3 Å². The second-order valence-electron chi connectivity index (χ2n) is 2.34. The molecule has 0 aliphatic heterocycles. The molecule has 1 heterocycles. The van der Waals surface area contributed by atoms with Gasteiger partial charge in [0.05, 0.1) is 15.0 Å². The Kier molecular flexibility index (Phi) is 2.23. The summed E-state index contributed by atoms with van der Waals surface area (Å²) < 4.78 is 1.09. The molecule has 3 heteroatoms. The number of halogens is 1. The number of hydrogen-bond donors (Lipinski definition) is 0. The molecule has 0 saturated heterocycles. The van der Waals surface area contributed by atoms with Gasteiger partial charge >= 0.3 is 0 Å². The van der Waals surface area contributed by atoms with E-state index in [0.717, 1.165) is 15.0 Å². The van der Waals surface area contributed by atoms with Gasteiger partial charge in [0.25, 0.3) is 0 Å². The molecule has 60 valence electrons. The summed E-state index contributed by atoms with van der Waals surface area (Å²) in [6.07, 6.45) is 0. The van der Waals surface area contributed by atoms with Gasteiger partial charge in [-0.05, 0) is 15.9 Å². The maximum absolute atomic E-state index is 4.26. The van der Waals surface area contributed by atoms with Gasteiger partial charge in [0.15, 0.2) is 0 Å². The summed E-state index contributed by atoms with van der Waals surface area (Å²) in [4.78, 5) is 4.26. The molecule has 1 nitrogen and oxygen atoms in total. The van der Waals surface area contributed by atoms with Crippen molar-refractivity contribution in [2.45, 2.75) is 0 Å². The van der Waals surface area contributed by atoms with Gasteiger partial charge in [-0.2, -0.15) is 0 Å². The van der Waals surface area contributed by atoms with Crippen molar-refractivity contribution in [2.75, 3.05) is 0 Å². The maximum atomic E-state index is 4.26. The molecule has 0 saturated carbocycles. The second-order valence-corrected chi connectivity index (χ2v) is 4.51. The fourth-order valence-corrected chi connectivity index (χ4v) is 2.13. The molecular formula is C9H6BrNS. The zero-order valence-corrected chi connectivity index (χ0v) is 8.60. The van der Waals surface area contributed by atoms with Crippen LogP contribution in [-0.4, -0.2) is 4.98 Å². The molecule has 0 unspecified atom stereocenters. The monoisotopic (exact) mass is 239 g/mol. The molecule has 2 rings (SSSR count). The van der Waals surface area contributed by atoms with Crippen molar-refractivity contribution in [1.29, 1.82) is 0 Å². The zero-order valence-electron chi connectivity index (χ0n) is 6.20. The standard InChI is InChI=1S/C9H6BrNS/c10-9-8(11-6-12-9)7-4-2-1-3-5-7/h1-6H. The molecule has 0 aliphatic rings. The lowest BCUT2D eigenvalue weighted by atomic mass is 10.2. The molecule has 0 bridgehead atoms. The Morgan fingerprint density at radius 1 is 1.17 bits per heavy atom. The van der Waals surface area contributed by atoms with Gasteiger partial charge in [-0.3, -0.25) is 0 Å². The van der Waals surface area contributed by atoms with Crippen LogP contribution in [0.2, 0.25) is 0 Å². The third kappa shape index (κ3) is 1.42. The Hall–Kier alpha value is -0.670. The quantitative estimate of drug-likeness (QED) is 0.742. The predicted octanol–water partition coefficient (Wildman–Crippen LogP) is 3.57. The van der Waals surface area contributed by atoms with Crippen LogP contribution in [0, 0.1) is 0 Å². The first kappa shape index (κ1) is 7.95. The number of nitrogens with zero attached hydrogens (tertiary/aromatic N) is 1. The number of thiazole rings is 1. The summed E-state index contributed by atoms with van der Waals surface area (Å²) in [5.74, 6) is 0. The molecule has 0 N–H and O–H groups in total. The average Bonchev–Trinajstić information content (AvgIpc) is 2.53. The third-order valence-corrected chi connectivity index (χ3v) is 3.12. The van der Waals surface area contributed by atoms with E-state index in [9.17, 15) is 0 Å².